The fourth-order valence-corrected chi connectivity index (χ4v) is 6.20. The predicted octanol–water partition coefficient (Wildman–Crippen LogP) is 3.28. The minimum atomic E-state index is -3.93. The number of para-hydroxylation sites is 1. The van der Waals surface area contributed by atoms with Crippen LogP contribution in [-0.2, 0) is 27.6 Å². The van der Waals surface area contributed by atoms with E-state index < -0.39 is 26.4 Å². The number of rotatable bonds is 8. The van der Waals surface area contributed by atoms with Crippen molar-refractivity contribution in [3.63, 3.8) is 0 Å². The van der Waals surface area contributed by atoms with Gasteiger partial charge in [-0.05, 0) is 54.8 Å². The molecule has 0 N–H and O–H groups in total. The third-order valence-electron chi connectivity index (χ3n) is 6.96. The first kappa shape index (κ1) is 26.6. The normalized spacial score (nSPS) is 14.0. The van der Waals surface area contributed by atoms with E-state index in [-0.39, 0.29) is 49.2 Å². The molecule has 2 aromatic carbocycles. The number of aryl methyl sites for hydroxylation is 1. The van der Waals surface area contributed by atoms with Gasteiger partial charge in [0.2, 0.25) is 27.7 Å². The molecule has 0 saturated carbocycles. The van der Waals surface area contributed by atoms with E-state index in [0.29, 0.717) is 29.2 Å². The van der Waals surface area contributed by atoms with Gasteiger partial charge in [-0.1, -0.05) is 24.3 Å². The average molecular weight is 577 g/mol. The number of amides is 1. The monoisotopic (exact) mass is 576 g/mol. The van der Waals surface area contributed by atoms with Gasteiger partial charge in [0.25, 0.3) is 5.56 Å². The zero-order chi connectivity index (χ0) is 28.7. The standard InChI is InChI=1S/C29H25FN4O6S/c1-18-11-23(21-13-22(30)28(36)33(16-21)15-19-7-8-25-26(12-19)40-17-39-25)32-29(31-18)41(37,38)10-4-9-34-24-6-3-2-5-20(24)14-27(34)35/h2-3,5-8,11-13,16H,4,9-10,14-15,17H2,1H3. The molecule has 0 aliphatic carbocycles. The molecule has 4 aromatic rings. The number of nitrogens with zero attached hydrogens (tertiary/aromatic N) is 4. The highest BCUT2D eigenvalue weighted by molar-refractivity contribution is 7.91. The van der Waals surface area contributed by atoms with Crippen LogP contribution in [0.5, 0.6) is 11.5 Å². The fourth-order valence-electron chi connectivity index (χ4n) is 4.99. The Morgan fingerprint density at radius 3 is 2.66 bits per heavy atom. The molecular weight excluding hydrogens is 551 g/mol. The highest BCUT2D eigenvalue weighted by atomic mass is 32.2. The third kappa shape index (κ3) is 5.30. The van der Waals surface area contributed by atoms with E-state index in [9.17, 15) is 22.4 Å². The van der Waals surface area contributed by atoms with Crippen molar-refractivity contribution in [1.29, 1.82) is 0 Å². The van der Waals surface area contributed by atoms with E-state index in [4.69, 9.17) is 9.47 Å². The maximum absolute atomic E-state index is 14.8. The summed E-state index contributed by atoms with van der Waals surface area (Å²) in [6.07, 6.45) is 1.91. The lowest BCUT2D eigenvalue weighted by molar-refractivity contribution is -0.117. The molecule has 1 amide bonds. The fraction of sp³-hybridized carbons (Fsp3) is 0.241. The Labute approximate surface area is 234 Å². The van der Waals surface area contributed by atoms with Gasteiger partial charge in [-0.25, -0.2) is 22.8 Å². The van der Waals surface area contributed by atoms with Crippen LogP contribution in [0.2, 0.25) is 0 Å². The zero-order valence-corrected chi connectivity index (χ0v) is 22.9. The number of pyridine rings is 1. The third-order valence-corrected chi connectivity index (χ3v) is 8.52. The van der Waals surface area contributed by atoms with Crippen LogP contribution >= 0.6 is 0 Å². The van der Waals surface area contributed by atoms with Crippen molar-refractivity contribution < 1.29 is 27.1 Å². The molecular formula is C29H25FN4O6S. The molecule has 12 heteroatoms. The molecule has 2 aromatic heterocycles. The molecule has 10 nitrogen and oxygen atoms in total. The number of halogens is 1. The largest absolute Gasteiger partial charge is 0.454 e. The van der Waals surface area contributed by atoms with Crippen molar-refractivity contribution in [2.24, 2.45) is 0 Å². The highest BCUT2D eigenvalue weighted by Crippen LogP contribution is 2.33. The molecule has 41 heavy (non-hydrogen) atoms. The van der Waals surface area contributed by atoms with Crippen molar-refractivity contribution in [3.05, 3.63) is 93.8 Å². The van der Waals surface area contributed by atoms with Crippen LogP contribution in [0.15, 0.2) is 70.7 Å². The van der Waals surface area contributed by atoms with Crippen LogP contribution < -0.4 is 19.9 Å². The number of sulfone groups is 1. The summed E-state index contributed by atoms with van der Waals surface area (Å²) in [5.41, 5.74) is 2.33. The van der Waals surface area contributed by atoms with Gasteiger partial charge in [0.15, 0.2) is 17.3 Å². The lowest BCUT2D eigenvalue weighted by atomic mass is 10.1. The van der Waals surface area contributed by atoms with Gasteiger partial charge >= 0.3 is 0 Å². The van der Waals surface area contributed by atoms with Crippen LogP contribution in [0.4, 0.5) is 10.1 Å². The summed E-state index contributed by atoms with van der Waals surface area (Å²) >= 11 is 0. The van der Waals surface area contributed by atoms with E-state index >= 15 is 0 Å². The Balaban J connectivity index is 1.23. The second-order valence-corrected chi connectivity index (χ2v) is 11.9. The second-order valence-electron chi connectivity index (χ2n) is 9.90. The maximum Gasteiger partial charge on any atom is 0.286 e. The zero-order valence-electron chi connectivity index (χ0n) is 22.0. The first-order chi connectivity index (χ1) is 19.7. The van der Waals surface area contributed by atoms with Crippen molar-refractivity contribution in [2.45, 2.75) is 31.5 Å². The summed E-state index contributed by atoms with van der Waals surface area (Å²) in [7, 11) is -3.93. The van der Waals surface area contributed by atoms with Crippen molar-refractivity contribution in [3.8, 4) is 22.8 Å². The second kappa shape index (κ2) is 10.4. The number of aromatic nitrogens is 3. The van der Waals surface area contributed by atoms with Crippen molar-refractivity contribution in [2.75, 3.05) is 24.0 Å². The molecule has 4 heterocycles. The van der Waals surface area contributed by atoms with Gasteiger partial charge in [-0.3, -0.25) is 9.59 Å². The van der Waals surface area contributed by atoms with E-state index in [1.54, 1.807) is 30.0 Å². The summed E-state index contributed by atoms with van der Waals surface area (Å²) in [4.78, 5) is 35.0. The Bertz CT molecular complexity index is 1860. The van der Waals surface area contributed by atoms with E-state index in [1.165, 1.54) is 16.8 Å². The number of anilines is 1. The summed E-state index contributed by atoms with van der Waals surface area (Å²) in [5.74, 6) is -0.232. The smallest absolute Gasteiger partial charge is 0.286 e. The topological polar surface area (TPSA) is 121 Å². The van der Waals surface area contributed by atoms with E-state index in [2.05, 4.69) is 9.97 Å². The molecule has 0 saturated heterocycles. The van der Waals surface area contributed by atoms with Gasteiger partial charge in [0.05, 0.1) is 24.4 Å². The Kier molecular flexibility index (Phi) is 6.78. The lowest BCUT2D eigenvalue weighted by Gasteiger charge is -2.17. The van der Waals surface area contributed by atoms with Crippen molar-refractivity contribution >= 4 is 21.4 Å². The summed E-state index contributed by atoms with van der Waals surface area (Å²) < 4.78 is 53.1. The maximum atomic E-state index is 14.8. The van der Waals surface area contributed by atoms with Crippen molar-refractivity contribution in [1.82, 2.24) is 14.5 Å². The van der Waals surface area contributed by atoms with Crippen LogP contribution in [0.3, 0.4) is 0 Å². The molecule has 0 spiro atoms. The Morgan fingerprint density at radius 1 is 1.00 bits per heavy atom. The minimum absolute atomic E-state index is 0.0494. The van der Waals surface area contributed by atoms with E-state index in [1.807, 2.05) is 24.3 Å². The first-order valence-electron chi connectivity index (χ1n) is 12.9. The number of fused-ring (bicyclic) bond motifs is 2. The average Bonchev–Trinajstić information content (AvgIpc) is 3.54. The van der Waals surface area contributed by atoms with Crippen LogP contribution in [0, 0.1) is 12.7 Å². The van der Waals surface area contributed by atoms with Crippen LogP contribution in [0.1, 0.15) is 23.2 Å². The van der Waals surface area contributed by atoms with Gasteiger partial charge in [-0.15, -0.1) is 0 Å². The number of benzene rings is 2. The van der Waals surface area contributed by atoms with Crippen LogP contribution in [-0.4, -0.2) is 48.0 Å². The molecule has 0 radical (unpaired) electrons. The van der Waals surface area contributed by atoms with Gasteiger partial charge in [0.1, 0.15) is 0 Å². The lowest BCUT2D eigenvalue weighted by Crippen LogP contribution is -2.29. The summed E-state index contributed by atoms with van der Waals surface area (Å²) in [6.45, 7) is 2.01. The summed E-state index contributed by atoms with van der Waals surface area (Å²) in [6, 6.07) is 15.2. The number of hydrogen-bond donors (Lipinski definition) is 0. The van der Waals surface area contributed by atoms with Gasteiger partial charge in [0, 0.05) is 29.7 Å². The number of carbonyl (C=O) groups is 1. The predicted molar refractivity (Wildman–Crippen MR) is 147 cm³/mol. The molecule has 210 valence electrons. The number of carbonyl (C=O) groups excluding carboxylic acids is 1. The molecule has 0 atom stereocenters. The first-order valence-corrected chi connectivity index (χ1v) is 14.6. The molecule has 0 fully saturated rings. The van der Waals surface area contributed by atoms with Gasteiger partial charge < -0.3 is 18.9 Å². The molecule has 0 unspecified atom stereocenters. The summed E-state index contributed by atoms with van der Waals surface area (Å²) in [5, 5.41) is -0.394. The molecule has 6 rings (SSSR count). The number of ether oxygens (including phenoxy) is 2. The minimum Gasteiger partial charge on any atom is -0.454 e. The highest BCUT2D eigenvalue weighted by Gasteiger charge is 2.28. The SMILES string of the molecule is Cc1cc(-c2cc(F)c(=O)n(Cc3ccc4c(c3)OCO4)c2)nc(S(=O)(=O)CCCN2C(=O)Cc3ccccc32)n1. The number of hydrogen-bond acceptors (Lipinski definition) is 8. The molecule has 2 aliphatic heterocycles. The van der Waals surface area contributed by atoms with E-state index in [0.717, 1.165) is 17.3 Å². The molecule has 0 bridgehead atoms. The van der Waals surface area contributed by atoms with Gasteiger partial charge in [-0.2, -0.15) is 0 Å². The van der Waals surface area contributed by atoms with Crippen LogP contribution in [0.25, 0.3) is 11.3 Å². The Morgan fingerprint density at radius 2 is 1.80 bits per heavy atom. The quantitative estimate of drug-likeness (QED) is 0.293. The Hall–Kier alpha value is -4.58. The molecule has 2 aliphatic rings.